The third-order valence-electron chi connectivity index (χ3n) is 3.81. The van der Waals surface area contributed by atoms with Crippen LogP contribution in [-0.4, -0.2) is 31.0 Å². The molecule has 4 heteroatoms. The summed E-state index contributed by atoms with van der Waals surface area (Å²) in [5.41, 5.74) is 0.102. The molecule has 0 spiro atoms. The predicted octanol–water partition coefficient (Wildman–Crippen LogP) is 3.39. The van der Waals surface area contributed by atoms with Crippen molar-refractivity contribution in [3.05, 3.63) is 0 Å². The Hall–Kier alpha value is -0.0900. The van der Waals surface area contributed by atoms with E-state index in [0.29, 0.717) is 6.42 Å². The second-order valence-corrected chi connectivity index (χ2v) is 10.8. The monoisotopic (exact) mass is 291 g/mol. The normalized spacial score (nSPS) is 17.3. The highest BCUT2D eigenvalue weighted by Gasteiger charge is 2.32. The summed E-state index contributed by atoms with van der Waals surface area (Å²) in [6.45, 7) is 16.9. The summed E-state index contributed by atoms with van der Waals surface area (Å²) >= 11 is 0. The second kappa shape index (κ2) is 6.13. The van der Waals surface area contributed by atoms with E-state index < -0.39 is 14.6 Å². The first kappa shape index (κ1) is 18.9. The molecule has 0 bridgehead atoms. The molecule has 0 aliphatic rings. The van der Waals surface area contributed by atoms with E-state index >= 15 is 0 Å². The molecular weight excluding hydrogens is 258 g/mol. The molecule has 1 atom stereocenters. The number of nitrogens with one attached hydrogen (secondary N) is 1. The fourth-order valence-electron chi connectivity index (χ4n) is 1.56. The van der Waals surface area contributed by atoms with E-state index in [1.165, 1.54) is 0 Å². The van der Waals surface area contributed by atoms with E-state index in [4.69, 9.17) is 0 Å². The van der Waals surface area contributed by atoms with E-state index in [2.05, 4.69) is 39.9 Å². The zero-order valence-corrected chi connectivity index (χ0v) is 14.9. The second-order valence-electron chi connectivity index (χ2n) is 7.95. The Kier molecular flexibility index (Phi) is 6.10. The highest BCUT2D eigenvalue weighted by molar-refractivity contribution is 7.92. The Labute approximate surface area is 120 Å². The minimum absolute atomic E-state index is 0.0333. The Bertz CT molecular complexity index is 374. The molecule has 0 aliphatic carbocycles. The summed E-state index contributed by atoms with van der Waals surface area (Å²) in [7, 11) is -3.02. The van der Waals surface area contributed by atoms with Crippen LogP contribution in [0.2, 0.25) is 0 Å². The average Bonchev–Trinajstić information content (AvgIpc) is 2.21. The maximum absolute atomic E-state index is 12.2. The van der Waals surface area contributed by atoms with Gasteiger partial charge < -0.3 is 5.32 Å². The van der Waals surface area contributed by atoms with Crippen molar-refractivity contribution in [3.8, 4) is 0 Å². The standard InChI is InChI=1S/C15H33NO2S/c1-9-15(8,12-16-13(2,3)4)10-11-19(17,18)14(5,6)7/h16H,9-12H2,1-8H3. The van der Waals surface area contributed by atoms with Gasteiger partial charge in [0, 0.05) is 12.1 Å². The van der Waals surface area contributed by atoms with Crippen LogP contribution in [0.25, 0.3) is 0 Å². The van der Waals surface area contributed by atoms with E-state index in [1.54, 1.807) is 20.8 Å². The number of rotatable bonds is 6. The molecule has 0 rings (SSSR count). The van der Waals surface area contributed by atoms with Gasteiger partial charge in [0.25, 0.3) is 0 Å². The first-order valence-corrected chi connectivity index (χ1v) is 8.85. The van der Waals surface area contributed by atoms with Crippen molar-refractivity contribution in [2.24, 2.45) is 5.41 Å². The van der Waals surface area contributed by atoms with Crippen molar-refractivity contribution >= 4 is 9.84 Å². The molecule has 0 aliphatic heterocycles. The maximum atomic E-state index is 12.2. The minimum Gasteiger partial charge on any atom is -0.312 e. The highest BCUT2D eigenvalue weighted by Crippen LogP contribution is 2.28. The smallest absolute Gasteiger partial charge is 0.155 e. The molecule has 0 heterocycles. The van der Waals surface area contributed by atoms with Gasteiger partial charge in [-0.15, -0.1) is 0 Å². The zero-order valence-electron chi connectivity index (χ0n) is 14.1. The van der Waals surface area contributed by atoms with Crippen LogP contribution in [0.1, 0.15) is 68.2 Å². The van der Waals surface area contributed by atoms with E-state index in [1.807, 2.05) is 0 Å². The fraction of sp³-hybridized carbons (Fsp3) is 1.00. The van der Waals surface area contributed by atoms with Crippen molar-refractivity contribution < 1.29 is 8.42 Å². The SMILES string of the molecule is CCC(C)(CCS(=O)(=O)C(C)(C)C)CNC(C)(C)C. The van der Waals surface area contributed by atoms with Gasteiger partial charge in [0.1, 0.15) is 0 Å². The van der Waals surface area contributed by atoms with Gasteiger partial charge in [0.05, 0.1) is 10.5 Å². The Morgan fingerprint density at radius 3 is 1.74 bits per heavy atom. The molecule has 0 amide bonds. The van der Waals surface area contributed by atoms with Gasteiger partial charge in [-0.1, -0.05) is 13.8 Å². The summed E-state index contributed by atoms with van der Waals surface area (Å²) in [6.07, 6.45) is 1.70. The van der Waals surface area contributed by atoms with Gasteiger partial charge in [-0.2, -0.15) is 0 Å². The van der Waals surface area contributed by atoms with Gasteiger partial charge in [-0.05, 0) is 59.8 Å². The van der Waals surface area contributed by atoms with E-state index in [0.717, 1.165) is 13.0 Å². The summed E-state index contributed by atoms with van der Waals surface area (Å²) in [4.78, 5) is 0. The van der Waals surface area contributed by atoms with Crippen molar-refractivity contribution in [1.29, 1.82) is 0 Å². The number of hydrogen-bond acceptors (Lipinski definition) is 3. The molecule has 116 valence electrons. The Balaban J connectivity index is 4.66. The lowest BCUT2D eigenvalue weighted by Gasteiger charge is -2.33. The molecule has 0 fully saturated rings. The Morgan fingerprint density at radius 1 is 0.947 bits per heavy atom. The highest BCUT2D eigenvalue weighted by atomic mass is 32.2. The topological polar surface area (TPSA) is 46.2 Å². The van der Waals surface area contributed by atoms with Gasteiger partial charge >= 0.3 is 0 Å². The van der Waals surface area contributed by atoms with Crippen molar-refractivity contribution in [2.75, 3.05) is 12.3 Å². The van der Waals surface area contributed by atoms with Crippen LogP contribution in [0.3, 0.4) is 0 Å². The van der Waals surface area contributed by atoms with Gasteiger partial charge in [-0.3, -0.25) is 0 Å². The van der Waals surface area contributed by atoms with Crippen molar-refractivity contribution in [1.82, 2.24) is 5.32 Å². The summed E-state index contributed by atoms with van der Waals surface area (Å²) < 4.78 is 23.7. The average molecular weight is 292 g/mol. The first-order chi connectivity index (χ1) is 8.22. The molecule has 0 saturated carbocycles. The Morgan fingerprint density at radius 2 is 1.42 bits per heavy atom. The van der Waals surface area contributed by atoms with Gasteiger partial charge in [0.15, 0.2) is 9.84 Å². The van der Waals surface area contributed by atoms with E-state index in [9.17, 15) is 8.42 Å². The van der Waals surface area contributed by atoms with Crippen molar-refractivity contribution in [2.45, 2.75) is 78.5 Å². The summed E-state index contributed by atoms with van der Waals surface area (Å²) in [5.74, 6) is 0.270. The lowest BCUT2D eigenvalue weighted by atomic mass is 9.84. The van der Waals surface area contributed by atoms with Gasteiger partial charge in [-0.25, -0.2) is 8.42 Å². The van der Waals surface area contributed by atoms with Crippen LogP contribution < -0.4 is 5.32 Å². The minimum atomic E-state index is -3.02. The molecule has 19 heavy (non-hydrogen) atoms. The number of hydrogen-bond donors (Lipinski definition) is 1. The molecule has 1 unspecified atom stereocenters. The lowest BCUT2D eigenvalue weighted by Crippen LogP contribution is -2.44. The lowest BCUT2D eigenvalue weighted by molar-refractivity contribution is 0.248. The maximum Gasteiger partial charge on any atom is 0.155 e. The molecule has 0 radical (unpaired) electrons. The van der Waals surface area contributed by atoms with Crippen LogP contribution in [0.5, 0.6) is 0 Å². The molecule has 0 aromatic heterocycles. The molecule has 0 saturated heterocycles. The molecule has 0 aromatic rings. The van der Waals surface area contributed by atoms with Crippen LogP contribution >= 0.6 is 0 Å². The van der Waals surface area contributed by atoms with Gasteiger partial charge in [0.2, 0.25) is 0 Å². The quantitative estimate of drug-likeness (QED) is 0.816. The number of sulfone groups is 1. The predicted molar refractivity (Wildman–Crippen MR) is 84.3 cm³/mol. The summed E-state index contributed by atoms with van der Waals surface area (Å²) in [6, 6.07) is 0. The molecule has 1 N–H and O–H groups in total. The van der Waals surface area contributed by atoms with Crippen molar-refractivity contribution in [3.63, 3.8) is 0 Å². The van der Waals surface area contributed by atoms with Crippen LogP contribution in [0, 0.1) is 5.41 Å². The molecule has 0 aromatic carbocycles. The molecule has 3 nitrogen and oxygen atoms in total. The van der Waals surface area contributed by atoms with Crippen LogP contribution in [-0.2, 0) is 9.84 Å². The van der Waals surface area contributed by atoms with Crippen LogP contribution in [0.15, 0.2) is 0 Å². The summed E-state index contributed by atoms with van der Waals surface area (Å²) in [5, 5.41) is 3.49. The molecular formula is C15H33NO2S. The fourth-order valence-corrected chi connectivity index (χ4v) is 2.93. The zero-order chi connectivity index (χ0) is 15.5. The third-order valence-corrected chi connectivity index (χ3v) is 6.41. The van der Waals surface area contributed by atoms with Crippen LogP contribution in [0.4, 0.5) is 0 Å². The largest absolute Gasteiger partial charge is 0.312 e. The first-order valence-electron chi connectivity index (χ1n) is 7.20. The third kappa shape index (κ3) is 6.75. The van der Waals surface area contributed by atoms with E-state index in [-0.39, 0.29) is 16.7 Å².